The Kier molecular flexibility index (Phi) is 6.17. The molecular formula is C16H25ClN4O. The van der Waals surface area contributed by atoms with Gasteiger partial charge in [-0.1, -0.05) is 24.9 Å². The van der Waals surface area contributed by atoms with Crippen LogP contribution in [0.3, 0.4) is 0 Å². The number of rotatable bonds is 8. The van der Waals surface area contributed by atoms with Gasteiger partial charge in [0, 0.05) is 30.1 Å². The minimum Gasteiger partial charge on any atom is -0.396 e. The number of nitrogens with one attached hydrogen (secondary N) is 1. The minimum atomic E-state index is 0.239. The zero-order valence-electron chi connectivity index (χ0n) is 13.5. The second-order valence-electron chi connectivity index (χ2n) is 5.95. The summed E-state index contributed by atoms with van der Waals surface area (Å²) in [6.07, 6.45) is 3.72. The second-order valence-corrected chi connectivity index (χ2v) is 6.31. The lowest BCUT2D eigenvalue weighted by Crippen LogP contribution is -2.23. The summed E-state index contributed by atoms with van der Waals surface area (Å²) in [5, 5.41) is 18.3. The van der Waals surface area contributed by atoms with Crippen LogP contribution in [0.15, 0.2) is 12.3 Å². The molecule has 0 radical (unpaired) electrons. The Labute approximate surface area is 136 Å². The monoisotopic (exact) mass is 324 g/mol. The molecule has 6 heteroatoms. The maximum atomic E-state index is 9.03. The van der Waals surface area contributed by atoms with E-state index >= 15 is 0 Å². The summed E-state index contributed by atoms with van der Waals surface area (Å²) in [4.78, 5) is 4.50. The SMILES string of the molecule is CCC(CCO)CNCc1cc2cnn(C(C)C)c2nc1Cl. The van der Waals surface area contributed by atoms with E-state index in [2.05, 4.69) is 42.2 Å². The standard InChI is InChI=1S/C16H25ClN4O/c1-4-12(5-6-22)8-18-9-13-7-14-10-19-21(11(2)3)16(14)20-15(13)17/h7,10-12,18,22H,4-6,8-9H2,1-3H3. The molecule has 0 aliphatic heterocycles. The number of fused-ring (bicyclic) bond motifs is 1. The molecule has 2 N–H and O–H groups in total. The molecule has 0 fully saturated rings. The molecule has 0 amide bonds. The summed E-state index contributed by atoms with van der Waals surface area (Å²) in [7, 11) is 0. The smallest absolute Gasteiger partial charge is 0.159 e. The molecule has 0 aliphatic carbocycles. The van der Waals surface area contributed by atoms with Gasteiger partial charge in [-0.25, -0.2) is 9.67 Å². The number of aromatic nitrogens is 3. The van der Waals surface area contributed by atoms with Crippen LogP contribution in [-0.4, -0.2) is 33.0 Å². The molecule has 2 rings (SSSR count). The van der Waals surface area contributed by atoms with Crippen molar-refractivity contribution in [2.45, 2.75) is 46.2 Å². The molecule has 2 aromatic rings. The van der Waals surface area contributed by atoms with Crippen LogP contribution in [0, 0.1) is 5.92 Å². The van der Waals surface area contributed by atoms with Gasteiger partial charge in [-0.3, -0.25) is 0 Å². The first-order valence-electron chi connectivity index (χ1n) is 7.91. The van der Waals surface area contributed by atoms with E-state index in [1.54, 1.807) is 0 Å². The van der Waals surface area contributed by atoms with Crippen molar-refractivity contribution in [1.82, 2.24) is 20.1 Å². The van der Waals surface area contributed by atoms with Crippen LogP contribution in [0.4, 0.5) is 0 Å². The molecule has 22 heavy (non-hydrogen) atoms. The summed E-state index contributed by atoms with van der Waals surface area (Å²) >= 11 is 6.31. The molecule has 0 bridgehead atoms. The third-order valence-corrected chi connectivity index (χ3v) is 4.27. The third kappa shape index (κ3) is 3.97. The van der Waals surface area contributed by atoms with E-state index in [4.69, 9.17) is 16.7 Å². The van der Waals surface area contributed by atoms with Crippen LogP contribution in [0.25, 0.3) is 11.0 Å². The van der Waals surface area contributed by atoms with Gasteiger partial charge in [0.1, 0.15) is 5.15 Å². The molecule has 2 heterocycles. The van der Waals surface area contributed by atoms with E-state index in [9.17, 15) is 0 Å². The Morgan fingerprint density at radius 1 is 1.41 bits per heavy atom. The van der Waals surface area contributed by atoms with Gasteiger partial charge in [0.2, 0.25) is 0 Å². The van der Waals surface area contributed by atoms with Crippen molar-refractivity contribution >= 4 is 22.6 Å². The molecule has 0 saturated carbocycles. The number of hydrogen-bond acceptors (Lipinski definition) is 4. The summed E-state index contributed by atoms with van der Waals surface area (Å²) in [5.41, 5.74) is 1.81. The predicted molar refractivity (Wildman–Crippen MR) is 90.1 cm³/mol. The molecule has 1 unspecified atom stereocenters. The zero-order valence-corrected chi connectivity index (χ0v) is 14.3. The van der Waals surface area contributed by atoms with Crippen LogP contribution < -0.4 is 5.32 Å². The Bertz CT molecular complexity index is 611. The summed E-state index contributed by atoms with van der Waals surface area (Å²) in [6.45, 7) is 8.08. The second kappa shape index (κ2) is 7.90. The number of aliphatic hydroxyl groups is 1. The van der Waals surface area contributed by atoms with Crippen molar-refractivity contribution in [3.8, 4) is 0 Å². The van der Waals surface area contributed by atoms with E-state index in [-0.39, 0.29) is 12.6 Å². The lowest BCUT2D eigenvalue weighted by Gasteiger charge is -2.14. The summed E-state index contributed by atoms with van der Waals surface area (Å²) < 4.78 is 1.88. The summed E-state index contributed by atoms with van der Waals surface area (Å²) in [6, 6.07) is 2.31. The lowest BCUT2D eigenvalue weighted by molar-refractivity contribution is 0.251. The molecule has 0 aromatic carbocycles. The van der Waals surface area contributed by atoms with E-state index in [1.807, 2.05) is 10.9 Å². The van der Waals surface area contributed by atoms with Gasteiger partial charge < -0.3 is 10.4 Å². The Balaban J connectivity index is 2.07. The third-order valence-electron chi connectivity index (χ3n) is 3.95. The highest BCUT2D eigenvalue weighted by Gasteiger charge is 2.12. The maximum absolute atomic E-state index is 9.03. The van der Waals surface area contributed by atoms with Crippen LogP contribution in [0.2, 0.25) is 5.15 Å². The van der Waals surface area contributed by atoms with E-state index in [0.717, 1.165) is 36.0 Å². The maximum Gasteiger partial charge on any atom is 0.159 e. The van der Waals surface area contributed by atoms with Crippen molar-refractivity contribution in [2.75, 3.05) is 13.2 Å². The van der Waals surface area contributed by atoms with Gasteiger partial charge in [-0.15, -0.1) is 0 Å². The quantitative estimate of drug-likeness (QED) is 0.732. The largest absolute Gasteiger partial charge is 0.396 e. The number of nitrogens with zero attached hydrogens (tertiary/aromatic N) is 3. The van der Waals surface area contributed by atoms with Crippen molar-refractivity contribution in [2.24, 2.45) is 5.92 Å². The van der Waals surface area contributed by atoms with Gasteiger partial charge in [0.05, 0.1) is 6.20 Å². The average Bonchev–Trinajstić information content (AvgIpc) is 2.89. The molecular weight excluding hydrogens is 300 g/mol. The fourth-order valence-electron chi connectivity index (χ4n) is 2.54. The summed E-state index contributed by atoms with van der Waals surface area (Å²) in [5.74, 6) is 0.490. The molecule has 5 nitrogen and oxygen atoms in total. The fourth-order valence-corrected chi connectivity index (χ4v) is 2.75. The van der Waals surface area contributed by atoms with Crippen LogP contribution in [0.1, 0.15) is 45.2 Å². The van der Waals surface area contributed by atoms with Gasteiger partial charge in [0.25, 0.3) is 0 Å². The molecule has 0 saturated heterocycles. The van der Waals surface area contributed by atoms with Crippen LogP contribution in [-0.2, 0) is 6.54 Å². The van der Waals surface area contributed by atoms with Crippen molar-refractivity contribution in [3.05, 3.63) is 23.0 Å². The highest BCUT2D eigenvalue weighted by molar-refractivity contribution is 6.30. The molecule has 0 spiro atoms. The Hall–Kier alpha value is -1.17. The normalized spacial score (nSPS) is 13.2. The van der Waals surface area contributed by atoms with Crippen LogP contribution >= 0.6 is 11.6 Å². The number of halogens is 1. The van der Waals surface area contributed by atoms with Gasteiger partial charge in [-0.2, -0.15) is 5.10 Å². The van der Waals surface area contributed by atoms with Gasteiger partial charge in [-0.05, 0) is 38.8 Å². The first-order valence-corrected chi connectivity index (χ1v) is 8.28. The topological polar surface area (TPSA) is 63.0 Å². The molecule has 2 aromatic heterocycles. The first-order chi connectivity index (χ1) is 10.6. The van der Waals surface area contributed by atoms with Gasteiger partial charge in [0.15, 0.2) is 5.65 Å². The first kappa shape index (κ1) is 17.2. The van der Waals surface area contributed by atoms with E-state index in [1.165, 1.54) is 0 Å². The van der Waals surface area contributed by atoms with Gasteiger partial charge >= 0.3 is 0 Å². The molecule has 0 aliphatic rings. The minimum absolute atomic E-state index is 0.239. The number of hydrogen-bond donors (Lipinski definition) is 2. The Morgan fingerprint density at radius 3 is 2.82 bits per heavy atom. The van der Waals surface area contributed by atoms with Crippen molar-refractivity contribution in [1.29, 1.82) is 0 Å². The molecule has 1 atom stereocenters. The van der Waals surface area contributed by atoms with Crippen molar-refractivity contribution < 1.29 is 5.11 Å². The van der Waals surface area contributed by atoms with E-state index in [0.29, 0.717) is 17.6 Å². The Morgan fingerprint density at radius 2 is 2.18 bits per heavy atom. The molecule has 122 valence electrons. The predicted octanol–water partition coefficient (Wildman–Crippen LogP) is 3.16. The number of aliphatic hydroxyl groups excluding tert-OH is 1. The fraction of sp³-hybridized carbons (Fsp3) is 0.625. The zero-order chi connectivity index (χ0) is 16.1. The average molecular weight is 325 g/mol. The highest BCUT2D eigenvalue weighted by Crippen LogP contribution is 2.22. The highest BCUT2D eigenvalue weighted by atomic mass is 35.5. The van der Waals surface area contributed by atoms with Crippen molar-refractivity contribution in [3.63, 3.8) is 0 Å². The number of pyridine rings is 1. The van der Waals surface area contributed by atoms with E-state index < -0.39 is 0 Å². The van der Waals surface area contributed by atoms with Crippen LogP contribution in [0.5, 0.6) is 0 Å². The lowest BCUT2D eigenvalue weighted by atomic mass is 10.0.